The zero-order valence-electron chi connectivity index (χ0n) is 10.6. The Balaban J connectivity index is 0.00000180. The number of β-lactam (4-membered cyclic amide) rings is 1. The van der Waals surface area contributed by atoms with E-state index in [0.29, 0.717) is 11.3 Å². The Hall–Kier alpha value is -1.27. The molecule has 2 heterocycles. The van der Waals surface area contributed by atoms with Gasteiger partial charge in [0, 0.05) is 11.5 Å². The van der Waals surface area contributed by atoms with Crippen LogP contribution in [0.1, 0.15) is 13.8 Å². The smallest absolute Gasteiger partial charge is 0.352 e. The van der Waals surface area contributed by atoms with E-state index in [2.05, 4.69) is 11.6 Å². The summed E-state index contributed by atoms with van der Waals surface area (Å²) in [7, 11) is 0. The van der Waals surface area contributed by atoms with Crippen LogP contribution in [0.5, 0.6) is 0 Å². The molecule has 5 nitrogen and oxygen atoms in total. The molecule has 0 radical (unpaired) electrons. The Morgan fingerprint density at radius 2 is 2.21 bits per heavy atom. The van der Waals surface area contributed by atoms with Crippen molar-refractivity contribution in [2.24, 2.45) is 4.99 Å². The highest BCUT2D eigenvalue weighted by molar-refractivity contribution is 8.00. The molecule has 2 atom stereocenters. The number of carbonyl (C=O) groups excluding carboxylic acids is 1. The number of halogens is 1. The summed E-state index contributed by atoms with van der Waals surface area (Å²) in [5.41, 5.74) is 1.47. The highest BCUT2D eigenvalue weighted by Gasteiger charge is 2.53. The lowest BCUT2D eigenvalue weighted by molar-refractivity contribution is -0.147. The van der Waals surface area contributed by atoms with Gasteiger partial charge in [0.05, 0.1) is 0 Å². The third kappa shape index (κ3) is 2.55. The van der Waals surface area contributed by atoms with Gasteiger partial charge in [-0.1, -0.05) is 12.7 Å². The SMILES string of the molecule is C=CC1=C(C(=O)O)N2C(=O)C(N=C(C)C)[C@@H]2SC1.Cl. The molecule has 0 saturated carbocycles. The maximum Gasteiger partial charge on any atom is 0.352 e. The fourth-order valence-electron chi connectivity index (χ4n) is 2.04. The van der Waals surface area contributed by atoms with E-state index in [9.17, 15) is 14.7 Å². The van der Waals surface area contributed by atoms with Crippen LogP contribution in [0.15, 0.2) is 28.9 Å². The average molecular weight is 303 g/mol. The molecule has 0 bridgehead atoms. The van der Waals surface area contributed by atoms with Crippen molar-refractivity contribution in [3.63, 3.8) is 0 Å². The minimum absolute atomic E-state index is 0. The van der Waals surface area contributed by atoms with Crippen LogP contribution in [0, 0.1) is 0 Å². The summed E-state index contributed by atoms with van der Waals surface area (Å²) in [6.07, 6.45) is 1.50. The largest absolute Gasteiger partial charge is 0.477 e. The summed E-state index contributed by atoms with van der Waals surface area (Å²) in [5, 5.41) is 9.01. The van der Waals surface area contributed by atoms with E-state index in [4.69, 9.17) is 0 Å². The molecule has 2 aliphatic rings. The van der Waals surface area contributed by atoms with Gasteiger partial charge in [-0.3, -0.25) is 14.7 Å². The Morgan fingerprint density at radius 3 is 2.68 bits per heavy atom. The zero-order valence-corrected chi connectivity index (χ0v) is 12.3. The molecule has 0 aromatic heterocycles. The normalized spacial score (nSPS) is 24.9. The molecule has 7 heteroatoms. The van der Waals surface area contributed by atoms with E-state index < -0.39 is 12.0 Å². The number of aliphatic carboxylic acids is 1. The summed E-state index contributed by atoms with van der Waals surface area (Å²) in [6, 6.07) is -0.444. The molecule has 1 amide bonds. The lowest BCUT2D eigenvalue weighted by atomic mass is 10.0. The first-order valence-corrected chi connectivity index (χ1v) is 6.56. The van der Waals surface area contributed by atoms with Crippen LogP contribution in [0.25, 0.3) is 0 Å². The van der Waals surface area contributed by atoms with E-state index in [0.717, 1.165) is 5.71 Å². The Morgan fingerprint density at radius 1 is 1.58 bits per heavy atom. The molecule has 2 rings (SSSR count). The number of allylic oxidation sites excluding steroid dienone is 1. The van der Waals surface area contributed by atoms with Crippen molar-refractivity contribution < 1.29 is 14.7 Å². The summed E-state index contributed by atoms with van der Waals surface area (Å²) in [6.45, 7) is 7.24. The average Bonchev–Trinajstić information content (AvgIpc) is 2.33. The van der Waals surface area contributed by atoms with E-state index in [1.807, 2.05) is 13.8 Å². The number of rotatable bonds is 3. The minimum Gasteiger partial charge on any atom is -0.477 e. The first-order valence-electron chi connectivity index (χ1n) is 5.52. The second-order valence-corrected chi connectivity index (χ2v) is 5.42. The van der Waals surface area contributed by atoms with Crippen LogP contribution in [0.3, 0.4) is 0 Å². The van der Waals surface area contributed by atoms with Gasteiger partial charge in [-0.15, -0.1) is 24.2 Å². The molecule has 1 saturated heterocycles. The van der Waals surface area contributed by atoms with E-state index in [-0.39, 0.29) is 29.4 Å². The van der Waals surface area contributed by atoms with Crippen LogP contribution in [-0.2, 0) is 9.59 Å². The molecule has 1 fully saturated rings. The number of thioether (sulfide) groups is 1. The summed E-state index contributed by atoms with van der Waals surface area (Å²) < 4.78 is 0. The molecule has 0 spiro atoms. The first kappa shape index (κ1) is 15.8. The molecule has 0 aromatic carbocycles. The lowest BCUT2D eigenvalue weighted by Gasteiger charge is -2.47. The van der Waals surface area contributed by atoms with Crippen LogP contribution in [0.4, 0.5) is 0 Å². The molecule has 104 valence electrons. The third-order valence-electron chi connectivity index (χ3n) is 2.82. The number of fused-ring (bicyclic) bond motifs is 1. The zero-order chi connectivity index (χ0) is 13.4. The van der Waals surface area contributed by atoms with Gasteiger partial charge in [-0.2, -0.15) is 0 Å². The van der Waals surface area contributed by atoms with E-state index in [1.165, 1.54) is 22.7 Å². The van der Waals surface area contributed by atoms with Gasteiger partial charge in [0.15, 0.2) is 6.04 Å². The third-order valence-corrected chi connectivity index (χ3v) is 4.10. The molecule has 0 aliphatic carbocycles. The summed E-state index contributed by atoms with van der Waals surface area (Å²) >= 11 is 1.53. The van der Waals surface area contributed by atoms with Crippen molar-refractivity contribution in [1.29, 1.82) is 0 Å². The van der Waals surface area contributed by atoms with Crippen molar-refractivity contribution in [2.45, 2.75) is 25.3 Å². The highest BCUT2D eigenvalue weighted by atomic mass is 35.5. The van der Waals surface area contributed by atoms with Gasteiger partial charge in [-0.25, -0.2) is 4.79 Å². The highest BCUT2D eigenvalue weighted by Crippen LogP contribution is 2.41. The van der Waals surface area contributed by atoms with Crippen LogP contribution in [-0.4, -0.2) is 44.8 Å². The standard InChI is InChI=1S/C12H14N2O3S.ClH/c1-4-7-5-18-11-8(13-6(2)3)10(15)14(11)9(7)12(16)17;/h4,8,11H,1,5H2,2-3H3,(H,16,17);1H/t8?,11-;/m0./s1. The molecule has 0 aromatic rings. The number of amides is 1. The van der Waals surface area contributed by atoms with Crippen LogP contribution in [0.2, 0.25) is 0 Å². The van der Waals surface area contributed by atoms with Gasteiger partial charge < -0.3 is 5.11 Å². The fraction of sp³-hybridized carbons (Fsp3) is 0.417. The number of hydrogen-bond donors (Lipinski definition) is 1. The molecular formula is C12H15ClN2O3S. The maximum atomic E-state index is 12.0. The first-order chi connectivity index (χ1) is 8.47. The van der Waals surface area contributed by atoms with Crippen LogP contribution < -0.4 is 0 Å². The van der Waals surface area contributed by atoms with Gasteiger partial charge in [0.1, 0.15) is 11.1 Å². The molecule has 2 aliphatic heterocycles. The maximum absolute atomic E-state index is 12.0. The Labute approximate surface area is 121 Å². The predicted molar refractivity (Wildman–Crippen MR) is 77.8 cm³/mol. The molecule has 1 unspecified atom stereocenters. The van der Waals surface area contributed by atoms with Crippen molar-refractivity contribution in [3.05, 3.63) is 23.9 Å². The number of carbonyl (C=O) groups is 2. The second kappa shape index (κ2) is 5.79. The van der Waals surface area contributed by atoms with Crippen molar-refractivity contribution in [2.75, 3.05) is 5.75 Å². The van der Waals surface area contributed by atoms with Gasteiger partial charge in [-0.05, 0) is 19.4 Å². The van der Waals surface area contributed by atoms with Gasteiger partial charge in [0.2, 0.25) is 0 Å². The summed E-state index contributed by atoms with van der Waals surface area (Å²) in [5.74, 6) is -0.779. The van der Waals surface area contributed by atoms with E-state index >= 15 is 0 Å². The minimum atomic E-state index is -1.08. The topological polar surface area (TPSA) is 70.0 Å². The van der Waals surface area contributed by atoms with Crippen LogP contribution >= 0.6 is 24.2 Å². The number of carboxylic acids is 1. The van der Waals surface area contributed by atoms with Crippen molar-refractivity contribution in [3.8, 4) is 0 Å². The van der Waals surface area contributed by atoms with Gasteiger partial charge in [0.25, 0.3) is 5.91 Å². The fourth-order valence-corrected chi connectivity index (χ4v) is 3.37. The molecule has 1 N–H and O–H groups in total. The van der Waals surface area contributed by atoms with E-state index in [1.54, 1.807) is 0 Å². The molecule has 19 heavy (non-hydrogen) atoms. The predicted octanol–water partition coefficient (Wildman–Crippen LogP) is 1.70. The summed E-state index contributed by atoms with van der Waals surface area (Å²) in [4.78, 5) is 28.8. The lowest BCUT2D eigenvalue weighted by Crippen LogP contribution is -2.64. The number of hydrogen-bond acceptors (Lipinski definition) is 4. The Bertz CT molecular complexity index is 497. The Kier molecular flexibility index (Phi) is 4.81. The number of aliphatic imine (C=N–C) groups is 1. The van der Waals surface area contributed by atoms with Gasteiger partial charge >= 0.3 is 5.97 Å². The quantitative estimate of drug-likeness (QED) is 0.636. The number of nitrogens with zero attached hydrogens (tertiary/aromatic N) is 2. The van der Waals surface area contributed by atoms with Crippen molar-refractivity contribution >= 4 is 41.8 Å². The number of carboxylic acid groups (broad SMARTS) is 1. The molecular weight excluding hydrogens is 288 g/mol. The van der Waals surface area contributed by atoms with Crippen molar-refractivity contribution in [1.82, 2.24) is 4.90 Å². The second-order valence-electron chi connectivity index (χ2n) is 4.31. The monoisotopic (exact) mass is 302 g/mol.